The van der Waals surface area contributed by atoms with E-state index < -0.39 is 5.97 Å². The largest absolute Gasteiger partial charge is 0.483 e. The van der Waals surface area contributed by atoms with Gasteiger partial charge in [-0.3, -0.25) is 4.79 Å². The lowest BCUT2D eigenvalue weighted by molar-refractivity contribution is -0.123. The van der Waals surface area contributed by atoms with E-state index >= 15 is 0 Å². The number of rotatable bonds is 7. The van der Waals surface area contributed by atoms with Crippen molar-refractivity contribution in [3.63, 3.8) is 0 Å². The maximum atomic E-state index is 12.1. The molecule has 3 aromatic rings. The Hall–Kier alpha value is -3.64. The molecule has 3 rings (SSSR count). The molecular weight excluding hydrogens is 416 g/mol. The number of amides is 1. The fourth-order valence-corrected chi connectivity index (χ4v) is 2.88. The molecule has 0 atom stereocenters. The van der Waals surface area contributed by atoms with Crippen molar-refractivity contribution in [2.75, 3.05) is 6.61 Å². The standard InChI is InChI=1S/C24H21ClN2O4/c1-16-4-3-5-17(2)23(16)30-15-22(28)27-26-14-18-6-12-21(13-7-18)31-24(29)19-8-10-20(25)11-9-19/h3-14H,15H2,1-2H3,(H,27,28)/b26-14+. The average Bonchev–Trinajstić information content (AvgIpc) is 2.75. The van der Waals surface area contributed by atoms with Crippen LogP contribution in [0.1, 0.15) is 27.0 Å². The summed E-state index contributed by atoms with van der Waals surface area (Å²) in [5.74, 6) is 0.246. The van der Waals surface area contributed by atoms with Gasteiger partial charge in [-0.2, -0.15) is 5.10 Å². The highest BCUT2D eigenvalue weighted by atomic mass is 35.5. The third-order valence-corrected chi connectivity index (χ3v) is 4.58. The molecule has 1 amide bonds. The van der Waals surface area contributed by atoms with Gasteiger partial charge in [0, 0.05) is 5.02 Å². The van der Waals surface area contributed by atoms with Crippen molar-refractivity contribution < 1.29 is 19.1 Å². The molecule has 3 aromatic carbocycles. The number of nitrogens with zero attached hydrogens (tertiary/aromatic N) is 1. The second-order valence-corrected chi connectivity index (χ2v) is 7.20. The molecule has 1 N–H and O–H groups in total. The van der Waals surface area contributed by atoms with Gasteiger partial charge < -0.3 is 9.47 Å². The summed E-state index contributed by atoms with van der Waals surface area (Å²) in [6, 6.07) is 18.9. The monoisotopic (exact) mass is 436 g/mol. The van der Waals surface area contributed by atoms with Crippen LogP contribution in [0, 0.1) is 13.8 Å². The minimum atomic E-state index is -0.478. The lowest BCUT2D eigenvalue weighted by Gasteiger charge is -2.10. The third kappa shape index (κ3) is 6.42. The number of hydrogen-bond donors (Lipinski definition) is 1. The van der Waals surface area contributed by atoms with E-state index in [0.29, 0.717) is 22.1 Å². The van der Waals surface area contributed by atoms with E-state index in [9.17, 15) is 9.59 Å². The van der Waals surface area contributed by atoms with E-state index in [4.69, 9.17) is 21.1 Å². The predicted molar refractivity (Wildman–Crippen MR) is 120 cm³/mol. The molecule has 0 heterocycles. The van der Waals surface area contributed by atoms with Gasteiger partial charge in [-0.15, -0.1) is 0 Å². The Morgan fingerprint density at radius 2 is 1.61 bits per heavy atom. The molecule has 0 fully saturated rings. The first-order chi connectivity index (χ1) is 14.9. The van der Waals surface area contributed by atoms with Gasteiger partial charge in [0.2, 0.25) is 0 Å². The summed E-state index contributed by atoms with van der Waals surface area (Å²) in [5.41, 5.74) is 5.48. The predicted octanol–water partition coefficient (Wildman–Crippen LogP) is 4.71. The first-order valence-electron chi connectivity index (χ1n) is 9.51. The number of hydrogen-bond acceptors (Lipinski definition) is 5. The fraction of sp³-hybridized carbons (Fsp3) is 0.125. The van der Waals surface area contributed by atoms with E-state index in [-0.39, 0.29) is 12.5 Å². The summed E-state index contributed by atoms with van der Waals surface area (Å²) < 4.78 is 10.9. The summed E-state index contributed by atoms with van der Waals surface area (Å²) in [6.45, 7) is 3.71. The van der Waals surface area contributed by atoms with Gasteiger partial charge in [-0.05, 0) is 79.1 Å². The minimum Gasteiger partial charge on any atom is -0.483 e. The Kier molecular flexibility index (Phi) is 7.40. The van der Waals surface area contributed by atoms with E-state index in [1.807, 2.05) is 32.0 Å². The van der Waals surface area contributed by atoms with Crippen molar-refractivity contribution in [1.82, 2.24) is 5.43 Å². The van der Waals surface area contributed by atoms with Crippen molar-refractivity contribution in [2.24, 2.45) is 5.10 Å². The van der Waals surface area contributed by atoms with Crippen LogP contribution in [0.25, 0.3) is 0 Å². The molecule has 0 aliphatic carbocycles. The first-order valence-corrected chi connectivity index (χ1v) is 9.89. The molecule has 0 unspecified atom stereocenters. The Balaban J connectivity index is 1.48. The Labute approximate surface area is 185 Å². The van der Waals surface area contributed by atoms with Crippen LogP contribution < -0.4 is 14.9 Å². The zero-order valence-electron chi connectivity index (χ0n) is 17.1. The normalized spacial score (nSPS) is 10.7. The highest BCUT2D eigenvalue weighted by Crippen LogP contribution is 2.22. The van der Waals surface area contributed by atoms with Gasteiger partial charge >= 0.3 is 5.97 Å². The summed E-state index contributed by atoms with van der Waals surface area (Å²) in [5, 5.41) is 4.47. The van der Waals surface area contributed by atoms with Crippen molar-refractivity contribution in [3.05, 3.63) is 94.0 Å². The van der Waals surface area contributed by atoms with Crippen LogP contribution in [0.15, 0.2) is 71.8 Å². The summed E-state index contributed by atoms with van der Waals surface area (Å²) in [6.07, 6.45) is 1.49. The molecule has 0 aliphatic heterocycles. The quantitative estimate of drug-likeness (QED) is 0.252. The van der Waals surface area contributed by atoms with Gasteiger partial charge in [0.1, 0.15) is 11.5 Å². The molecule has 158 valence electrons. The number of para-hydroxylation sites is 1. The van der Waals surface area contributed by atoms with E-state index in [0.717, 1.165) is 16.7 Å². The minimum absolute atomic E-state index is 0.136. The molecule has 0 saturated carbocycles. The second kappa shape index (κ2) is 10.4. The van der Waals surface area contributed by atoms with E-state index in [1.165, 1.54) is 6.21 Å². The number of nitrogens with one attached hydrogen (secondary N) is 1. The van der Waals surface area contributed by atoms with Crippen LogP contribution in [0.5, 0.6) is 11.5 Å². The number of hydrazone groups is 1. The molecule has 0 aromatic heterocycles. The highest BCUT2D eigenvalue weighted by Gasteiger charge is 2.09. The molecular formula is C24H21ClN2O4. The fourth-order valence-electron chi connectivity index (χ4n) is 2.75. The molecule has 7 heteroatoms. The number of carbonyl (C=O) groups excluding carboxylic acids is 2. The lowest BCUT2D eigenvalue weighted by atomic mass is 10.1. The SMILES string of the molecule is Cc1cccc(C)c1OCC(=O)N/N=C/c1ccc(OC(=O)c2ccc(Cl)cc2)cc1. The van der Waals surface area contributed by atoms with Crippen molar-refractivity contribution >= 4 is 29.7 Å². The van der Waals surface area contributed by atoms with Gasteiger partial charge in [-0.1, -0.05) is 29.8 Å². The maximum Gasteiger partial charge on any atom is 0.343 e. The van der Waals surface area contributed by atoms with Crippen LogP contribution in [-0.2, 0) is 4.79 Å². The molecule has 0 radical (unpaired) electrons. The van der Waals surface area contributed by atoms with Crippen LogP contribution in [0.4, 0.5) is 0 Å². The lowest BCUT2D eigenvalue weighted by Crippen LogP contribution is -2.25. The van der Waals surface area contributed by atoms with Crippen LogP contribution in [-0.4, -0.2) is 24.7 Å². The third-order valence-electron chi connectivity index (χ3n) is 4.33. The van der Waals surface area contributed by atoms with Crippen LogP contribution in [0.3, 0.4) is 0 Å². The number of esters is 1. The molecule has 0 aliphatic rings. The van der Waals surface area contributed by atoms with Gasteiger partial charge in [0.15, 0.2) is 6.61 Å². The number of ether oxygens (including phenoxy) is 2. The zero-order chi connectivity index (χ0) is 22.2. The number of carbonyl (C=O) groups is 2. The molecule has 6 nitrogen and oxygen atoms in total. The maximum absolute atomic E-state index is 12.1. The second-order valence-electron chi connectivity index (χ2n) is 6.77. The van der Waals surface area contributed by atoms with Gasteiger partial charge in [0.05, 0.1) is 11.8 Å². The zero-order valence-corrected chi connectivity index (χ0v) is 17.8. The summed E-state index contributed by atoms with van der Waals surface area (Å²) >= 11 is 5.82. The molecule has 0 saturated heterocycles. The Morgan fingerprint density at radius 3 is 2.26 bits per heavy atom. The number of aryl methyl sites for hydroxylation is 2. The highest BCUT2D eigenvalue weighted by molar-refractivity contribution is 6.30. The van der Waals surface area contributed by atoms with Crippen molar-refractivity contribution in [2.45, 2.75) is 13.8 Å². The average molecular weight is 437 g/mol. The van der Waals surface area contributed by atoms with Crippen LogP contribution >= 0.6 is 11.6 Å². The van der Waals surface area contributed by atoms with Crippen molar-refractivity contribution in [1.29, 1.82) is 0 Å². The van der Waals surface area contributed by atoms with Crippen molar-refractivity contribution in [3.8, 4) is 11.5 Å². The Bertz CT molecular complexity index is 1070. The molecule has 0 bridgehead atoms. The first kappa shape index (κ1) is 22.1. The smallest absolute Gasteiger partial charge is 0.343 e. The Morgan fingerprint density at radius 1 is 0.968 bits per heavy atom. The molecule has 31 heavy (non-hydrogen) atoms. The summed E-state index contributed by atoms with van der Waals surface area (Å²) in [4.78, 5) is 24.1. The van der Waals surface area contributed by atoms with Gasteiger partial charge in [-0.25, -0.2) is 10.2 Å². The topological polar surface area (TPSA) is 77.0 Å². The number of benzene rings is 3. The van der Waals surface area contributed by atoms with E-state index in [2.05, 4.69) is 10.5 Å². The summed E-state index contributed by atoms with van der Waals surface area (Å²) in [7, 11) is 0. The van der Waals surface area contributed by atoms with Gasteiger partial charge in [0.25, 0.3) is 5.91 Å². The van der Waals surface area contributed by atoms with E-state index in [1.54, 1.807) is 48.5 Å². The van der Waals surface area contributed by atoms with Crippen LogP contribution in [0.2, 0.25) is 5.02 Å². The molecule has 0 spiro atoms. The number of halogens is 1.